The Morgan fingerprint density at radius 2 is 0.480 bits per heavy atom. The third kappa shape index (κ3) is 71.7. The molecule has 0 spiro atoms. The molecule has 0 aliphatic carbocycles. The number of aliphatic hydroxyl groups is 1. The summed E-state index contributed by atoms with van der Waals surface area (Å²) in [7, 11) is -9.92. The fraction of sp³-hybridized carbons (Fsp3) is 0.951. The smallest absolute Gasteiger partial charge is 0.462 e. The van der Waals surface area contributed by atoms with Gasteiger partial charge in [0, 0.05) is 25.7 Å². The zero-order chi connectivity index (χ0) is 73.8. The maximum absolute atomic E-state index is 13.1. The molecule has 0 aromatic carbocycles. The maximum atomic E-state index is 13.1. The molecule has 594 valence electrons. The van der Waals surface area contributed by atoms with Gasteiger partial charge in [0.25, 0.3) is 0 Å². The zero-order valence-electron chi connectivity index (χ0n) is 65.8. The van der Waals surface area contributed by atoms with Gasteiger partial charge in [-0.2, -0.15) is 0 Å². The van der Waals surface area contributed by atoms with E-state index in [4.69, 9.17) is 37.0 Å². The van der Waals surface area contributed by atoms with Gasteiger partial charge in [-0.05, 0) is 49.4 Å². The average molecular weight is 1470 g/mol. The van der Waals surface area contributed by atoms with E-state index in [0.717, 1.165) is 120 Å². The van der Waals surface area contributed by atoms with Crippen LogP contribution in [0, 0.1) is 23.7 Å². The molecule has 100 heavy (non-hydrogen) atoms. The van der Waals surface area contributed by atoms with Crippen LogP contribution in [0.2, 0.25) is 0 Å². The number of unbranched alkanes of at least 4 members (excludes halogenated alkanes) is 42. The third-order valence-corrected chi connectivity index (χ3v) is 21.4. The summed E-state index contributed by atoms with van der Waals surface area (Å²) >= 11 is 0. The molecule has 0 heterocycles. The standard InChI is InChI=1S/C81H158O17P2/c1-9-73(7)59-51-43-35-29-25-26-30-36-45-53-61-78(83)91-67-76(97-80(85)63-55-47-37-31-23-19-14-12-11-13-17-21-27-33-41-49-57-71(3)4)69-95-99(87,88)93-65-75(82)66-94-100(89,90)96-70-77(68-92-79(84)62-54-46-40-39-44-52-60-74(8)10-2)98-81(86)64-56-48-38-32-24-20-16-15-18-22-28-34-42-50-58-72(5)6/h71-77,82H,9-70H2,1-8H3,(H,87,88)(H,89,90)/t73?,74?,75-,76-,77-/m1/s1. The molecule has 4 unspecified atom stereocenters. The van der Waals surface area contributed by atoms with Gasteiger partial charge < -0.3 is 33.8 Å². The summed E-state index contributed by atoms with van der Waals surface area (Å²) in [5, 5.41) is 10.6. The van der Waals surface area contributed by atoms with Crippen molar-refractivity contribution in [2.75, 3.05) is 39.6 Å². The van der Waals surface area contributed by atoms with Crippen molar-refractivity contribution >= 4 is 39.5 Å². The lowest BCUT2D eigenvalue weighted by atomic mass is 9.99. The SMILES string of the molecule is CCC(C)CCCCCCCCCCCCC(=O)OC[C@H](COP(=O)(O)OC[C@@H](O)COP(=O)(O)OC[C@@H](COC(=O)CCCCCCCCC(C)CC)OC(=O)CCCCCCCCCCCCCCCCC(C)C)OC(=O)CCCCCCCCCCCCCCCCCCC(C)C. The second kappa shape index (κ2) is 70.1. The van der Waals surface area contributed by atoms with Gasteiger partial charge in [0.2, 0.25) is 0 Å². The van der Waals surface area contributed by atoms with Crippen LogP contribution in [0.5, 0.6) is 0 Å². The number of esters is 4. The van der Waals surface area contributed by atoms with E-state index >= 15 is 0 Å². The Hall–Kier alpha value is -1.94. The van der Waals surface area contributed by atoms with Crippen molar-refractivity contribution in [2.24, 2.45) is 23.7 Å². The van der Waals surface area contributed by atoms with Crippen LogP contribution in [0.25, 0.3) is 0 Å². The summed E-state index contributed by atoms with van der Waals surface area (Å²) < 4.78 is 68.7. The quantitative estimate of drug-likeness (QED) is 0.0222. The first-order valence-electron chi connectivity index (χ1n) is 41.8. The molecule has 0 aliphatic heterocycles. The molecule has 0 saturated heterocycles. The number of phosphoric acid groups is 2. The van der Waals surface area contributed by atoms with Crippen molar-refractivity contribution in [1.82, 2.24) is 0 Å². The molecule has 0 fully saturated rings. The number of aliphatic hydroxyl groups excluding tert-OH is 1. The Bertz CT molecular complexity index is 1960. The normalized spacial score (nSPS) is 14.6. The van der Waals surface area contributed by atoms with E-state index in [1.165, 1.54) is 212 Å². The molecule has 0 radical (unpaired) electrons. The van der Waals surface area contributed by atoms with Gasteiger partial charge in [0.15, 0.2) is 12.2 Å². The Labute approximate surface area is 613 Å². The summed E-state index contributed by atoms with van der Waals surface area (Å²) in [4.78, 5) is 73.0. The summed E-state index contributed by atoms with van der Waals surface area (Å²) in [6, 6.07) is 0. The van der Waals surface area contributed by atoms with E-state index in [9.17, 15) is 43.2 Å². The van der Waals surface area contributed by atoms with Crippen molar-refractivity contribution in [2.45, 2.75) is 433 Å². The second-order valence-corrected chi connectivity index (χ2v) is 33.5. The zero-order valence-corrected chi connectivity index (χ0v) is 67.6. The minimum atomic E-state index is -4.96. The predicted octanol–water partition coefficient (Wildman–Crippen LogP) is 24.0. The topological polar surface area (TPSA) is 237 Å². The molecule has 0 saturated carbocycles. The van der Waals surface area contributed by atoms with Crippen molar-refractivity contribution in [3.05, 3.63) is 0 Å². The highest BCUT2D eigenvalue weighted by Gasteiger charge is 2.30. The van der Waals surface area contributed by atoms with Crippen LogP contribution in [-0.4, -0.2) is 96.7 Å². The molecule has 0 amide bonds. The van der Waals surface area contributed by atoms with Crippen LogP contribution < -0.4 is 0 Å². The first-order valence-corrected chi connectivity index (χ1v) is 44.8. The Balaban J connectivity index is 5.24. The van der Waals surface area contributed by atoms with Crippen LogP contribution in [0.3, 0.4) is 0 Å². The molecule has 19 heteroatoms. The molecular formula is C81H158O17P2. The molecular weight excluding hydrogens is 1310 g/mol. The molecule has 0 aromatic rings. The number of ether oxygens (including phenoxy) is 4. The highest BCUT2D eigenvalue weighted by atomic mass is 31.2. The van der Waals surface area contributed by atoms with Gasteiger partial charge in [-0.1, -0.05) is 364 Å². The average Bonchev–Trinajstić information content (AvgIpc) is 0.946. The van der Waals surface area contributed by atoms with E-state index in [0.29, 0.717) is 25.7 Å². The summed E-state index contributed by atoms with van der Waals surface area (Å²) in [6.45, 7) is 14.3. The van der Waals surface area contributed by atoms with Crippen LogP contribution in [0.15, 0.2) is 0 Å². The van der Waals surface area contributed by atoms with Crippen molar-refractivity contribution in [3.8, 4) is 0 Å². The van der Waals surface area contributed by atoms with E-state index in [-0.39, 0.29) is 25.7 Å². The highest BCUT2D eigenvalue weighted by Crippen LogP contribution is 2.45. The molecule has 3 N–H and O–H groups in total. The van der Waals surface area contributed by atoms with Crippen molar-refractivity contribution in [1.29, 1.82) is 0 Å². The first-order chi connectivity index (χ1) is 48.2. The van der Waals surface area contributed by atoms with E-state index in [1.807, 2.05) is 0 Å². The van der Waals surface area contributed by atoms with Gasteiger partial charge in [-0.15, -0.1) is 0 Å². The predicted molar refractivity (Wildman–Crippen MR) is 409 cm³/mol. The van der Waals surface area contributed by atoms with Crippen LogP contribution >= 0.6 is 15.6 Å². The Morgan fingerprint density at radius 1 is 0.280 bits per heavy atom. The van der Waals surface area contributed by atoms with E-state index in [2.05, 4.69) is 55.4 Å². The van der Waals surface area contributed by atoms with Gasteiger partial charge in [0.1, 0.15) is 19.3 Å². The van der Waals surface area contributed by atoms with Crippen LogP contribution in [0.4, 0.5) is 0 Å². The largest absolute Gasteiger partial charge is 0.472 e. The van der Waals surface area contributed by atoms with Gasteiger partial charge in [-0.25, -0.2) is 9.13 Å². The summed E-state index contributed by atoms with van der Waals surface area (Å²) in [5.74, 6) is 1.03. The second-order valence-electron chi connectivity index (χ2n) is 30.6. The maximum Gasteiger partial charge on any atom is 0.472 e. The lowest BCUT2D eigenvalue weighted by Crippen LogP contribution is -2.30. The minimum Gasteiger partial charge on any atom is -0.462 e. The number of rotatable bonds is 78. The molecule has 0 aliphatic rings. The number of phosphoric ester groups is 2. The minimum absolute atomic E-state index is 0.106. The number of hydrogen-bond acceptors (Lipinski definition) is 15. The van der Waals surface area contributed by atoms with Gasteiger partial charge in [-0.3, -0.25) is 37.3 Å². The van der Waals surface area contributed by atoms with Crippen LogP contribution in [-0.2, 0) is 65.4 Å². The van der Waals surface area contributed by atoms with Crippen LogP contribution in [0.1, 0.15) is 415 Å². The number of carbonyl (C=O) groups excluding carboxylic acids is 4. The molecule has 0 aromatic heterocycles. The summed E-state index contributed by atoms with van der Waals surface area (Å²) in [5.41, 5.74) is 0. The number of hydrogen-bond donors (Lipinski definition) is 3. The summed E-state index contributed by atoms with van der Waals surface area (Å²) in [6.07, 6.45) is 56.8. The molecule has 0 rings (SSSR count). The monoisotopic (exact) mass is 1470 g/mol. The van der Waals surface area contributed by atoms with Gasteiger partial charge >= 0.3 is 39.5 Å². The molecule has 0 bridgehead atoms. The van der Waals surface area contributed by atoms with E-state index in [1.54, 1.807) is 0 Å². The third-order valence-electron chi connectivity index (χ3n) is 19.5. The molecule has 7 atom stereocenters. The van der Waals surface area contributed by atoms with Crippen molar-refractivity contribution in [3.63, 3.8) is 0 Å². The molecule has 17 nitrogen and oxygen atoms in total. The van der Waals surface area contributed by atoms with Gasteiger partial charge in [0.05, 0.1) is 26.4 Å². The fourth-order valence-electron chi connectivity index (χ4n) is 12.4. The Morgan fingerprint density at radius 3 is 0.710 bits per heavy atom. The Kier molecular flexibility index (Phi) is 68.7. The lowest BCUT2D eigenvalue weighted by molar-refractivity contribution is -0.161. The number of carbonyl (C=O) groups is 4. The highest BCUT2D eigenvalue weighted by molar-refractivity contribution is 7.47. The van der Waals surface area contributed by atoms with Crippen molar-refractivity contribution < 1.29 is 80.2 Å². The van der Waals surface area contributed by atoms with E-state index < -0.39 is 97.5 Å². The fourth-order valence-corrected chi connectivity index (χ4v) is 13.9. The lowest BCUT2D eigenvalue weighted by Gasteiger charge is -2.21. The first kappa shape index (κ1) is 98.1.